The average Bonchev–Trinajstić information content (AvgIpc) is 2.36. The normalized spacial score (nSPS) is 13.4. The maximum absolute atomic E-state index is 8.60. The number of hydrogen-bond donors (Lipinski definition) is 3. The molecule has 17 heavy (non-hydrogen) atoms. The Balaban J connectivity index is 2.63. The van der Waals surface area contributed by atoms with Gasteiger partial charge >= 0.3 is 0 Å². The molecule has 0 spiro atoms. The van der Waals surface area contributed by atoms with Gasteiger partial charge < -0.3 is 16.3 Å². The van der Waals surface area contributed by atoms with Gasteiger partial charge in [-0.3, -0.25) is 0 Å². The summed E-state index contributed by atoms with van der Waals surface area (Å²) in [6, 6.07) is 8.00. The third-order valence-electron chi connectivity index (χ3n) is 2.51. The van der Waals surface area contributed by atoms with Crippen molar-refractivity contribution in [2.24, 2.45) is 10.9 Å². The summed E-state index contributed by atoms with van der Waals surface area (Å²) < 4.78 is 0. The zero-order valence-electron chi connectivity index (χ0n) is 10.1. The van der Waals surface area contributed by atoms with Crippen LogP contribution in [-0.2, 0) is 6.54 Å². The summed E-state index contributed by atoms with van der Waals surface area (Å²) in [5.74, 6) is 0.131. The van der Waals surface area contributed by atoms with Crippen molar-refractivity contribution in [1.29, 1.82) is 0 Å². The Kier molecular flexibility index (Phi) is 5.23. The standard InChI is InChI=1S/C13H19N3O/c1-3-5-10(2)15-9-11-6-4-7-12(8-11)13(14)16-17/h3-4,6-8,10,15,17H,1,5,9H2,2H3,(H2,14,16). The van der Waals surface area contributed by atoms with E-state index >= 15 is 0 Å². The van der Waals surface area contributed by atoms with Crippen LogP contribution in [0.4, 0.5) is 0 Å². The first-order chi connectivity index (χ1) is 8.17. The van der Waals surface area contributed by atoms with Crippen LogP contribution in [0, 0.1) is 0 Å². The van der Waals surface area contributed by atoms with Gasteiger partial charge in [-0.15, -0.1) is 6.58 Å². The number of amidine groups is 1. The van der Waals surface area contributed by atoms with Gasteiger partial charge in [0.25, 0.3) is 0 Å². The summed E-state index contributed by atoms with van der Waals surface area (Å²) in [5, 5.41) is 15.0. The third-order valence-corrected chi connectivity index (χ3v) is 2.51. The highest BCUT2D eigenvalue weighted by molar-refractivity contribution is 5.97. The van der Waals surface area contributed by atoms with Crippen LogP contribution in [0.1, 0.15) is 24.5 Å². The van der Waals surface area contributed by atoms with Crippen LogP contribution in [0.15, 0.2) is 42.1 Å². The molecular weight excluding hydrogens is 214 g/mol. The number of rotatable bonds is 6. The molecule has 0 aliphatic rings. The number of oxime groups is 1. The molecule has 1 aromatic rings. The highest BCUT2D eigenvalue weighted by atomic mass is 16.4. The minimum absolute atomic E-state index is 0.131. The van der Waals surface area contributed by atoms with Crippen LogP contribution >= 0.6 is 0 Å². The van der Waals surface area contributed by atoms with Crippen molar-refractivity contribution in [1.82, 2.24) is 5.32 Å². The quantitative estimate of drug-likeness (QED) is 0.231. The Morgan fingerprint density at radius 3 is 3.06 bits per heavy atom. The van der Waals surface area contributed by atoms with Crippen LogP contribution in [-0.4, -0.2) is 17.1 Å². The van der Waals surface area contributed by atoms with E-state index in [2.05, 4.69) is 24.0 Å². The van der Waals surface area contributed by atoms with E-state index in [1.54, 1.807) is 0 Å². The zero-order valence-corrected chi connectivity index (χ0v) is 10.1. The predicted octanol–water partition coefficient (Wildman–Crippen LogP) is 1.84. The first kappa shape index (κ1) is 13.3. The molecule has 0 radical (unpaired) electrons. The lowest BCUT2D eigenvalue weighted by molar-refractivity contribution is 0.318. The van der Waals surface area contributed by atoms with Gasteiger partial charge in [0.2, 0.25) is 0 Å². The van der Waals surface area contributed by atoms with E-state index < -0.39 is 0 Å². The van der Waals surface area contributed by atoms with E-state index in [-0.39, 0.29) is 5.84 Å². The molecule has 0 saturated heterocycles. The van der Waals surface area contributed by atoms with Gasteiger partial charge in [0, 0.05) is 18.2 Å². The molecular formula is C13H19N3O. The molecule has 0 bridgehead atoms. The van der Waals surface area contributed by atoms with Crippen LogP contribution in [0.2, 0.25) is 0 Å². The fourth-order valence-electron chi connectivity index (χ4n) is 1.52. The molecule has 4 nitrogen and oxygen atoms in total. The van der Waals surface area contributed by atoms with Gasteiger partial charge in [-0.1, -0.05) is 29.4 Å². The first-order valence-corrected chi connectivity index (χ1v) is 5.58. The SMILES string of the molecule is C=CCC(C)NCc1cccc(/C(N)=N/O)c1. The monoisotopic (exact) mass is 233 g/mol. The van der Waals surface area contributed by atoms with E-state index in [1.165, 1.54) is 0 Å². The van der Waals surface area contributed by atoms with Gasteiger partial charge in [0.15, 0.2) is 5.84 Å². The second kappa shape index (κ2) is 6.70. The number of benzene rings is 1. The lowest BCUT2D eigenvalue weighted by atomic mass is 10.1. The third kappa shape index (κ3) is 4.28. The van der Waals surface area contributed by atoms with Crippen molar-refractivity contribution in [3.8, 4) is 0 Å². The molecule has 1 atom stereocenters. The van der Waals surface area contributed by atoms with Crippen molar-refractivity contribution in [2.75, 3.05) is 0 Å². The fourth-order valence-corrected chi connectivity index (χ4v) is 1.52. The molecule has 0 aromatic heterocycles. The second-order valence-corrected chi connectivity index (χ2v) is 3.99. The zero-order chi connectivity index (χ0) is 12.7. The molecule has 0 aliphatic carbocycles. The molecule has 92 valence electrons. The predicted molar refractivity (Wildman–Crippen MR) is 70.1 cm³/mol. The molecule has 0 fully saturated rings. The molecule has 0 aliphatic heterocycles. The minimum atomic E-state index is 0.131. The summed E-state index contributed by atoms with van der Waals surface area (Å²) in [6.45, 7) is 6.56. The molecule has 0 saturated carbocycles. The molecule has 1 unspecified atom stereocenters. The number of nitrogens with zero attached hydrogens (tertiary/aromatic N) is 1. The topological polar surface area (TPSA) is 70.6 Å². The second-order valence-electron chi connectivity index (χ2n) is 3.99. The average molecular weight is 233 g/mol. The Labute approximate surface area is 102 Å². The molecule has 0 amide bonds. The Morgan fingerprint density at radius 2 is 2.41 bits per heavy atom. The van der Waals surface area contributed by atoms with Crippen molar-refractivity contribution in [2.45, 2.75) is 25.9 Å². The molecule has 1 aromatic carbocycles. The van der Waals surface area contributed by atoms with E-state index in [1.807, 2.05) is 30.3 Å². The molecule has 4 heteroatoms. The van der Waals surface area contributed by atoms with E-state index in [4.69, 9.17) is 10.9 Å². The van der Waals surface area contributed by atoms with Crippen LogP contribution in [0.5, 0.6) is 0 Å². The fraction of sp³-hybridized carbons (Fsp3) is 0.308. The Morgan fingerprint density at radius 1 is 1.65 bits per heavy atom. The molecule has 4 N–H and O–H groups in total. The number of nitrogens with one attached hydrogen (secondary N) is 1. The molecule has 0 heterocycles. The molecule has 1 rings (SSSR count). The van der Waals surface area contributed by atoms with Gasteiger partial charge in [-0.2, -0.15) is 0 Å². The van der Waals surface area contributed by atoms with Crippen LogP contribution in [0.25, 0.3) is 0 Å². The minimum Gasteiger partial charge on any atom is -0.409 e. The van der Waals surface area contributed by atoms with Gasteiger partial charge in [-0.05, 0) is 25.0 Å². The van der Waals surface area contributed by atoms with Gasteiger partial charge in [0.05, 0.1) is 0 Å². The largest absolute Gasteiger partial charge is 0.409 e. The lowest BCUT2D eigenvalue weighted by Gasteiger charge is -2.12. The summed E-state index contributed by atoms with van der Waals surface area (Å²) in [5.41, 5.74) is 7.36. The van der Waals surface area contributed by atoms with Gasteiger partial charge in [0.1, 0.15) is 0 Å². The summed E-state index contributed by atoms with van der Waals surface area (Å²) in [4.78, 5) is 0. The van der Waals surface area contributed by atoms with Crippen molar-refractivity contribution in [3.05, 3.63) is 48.0 Å². The van der Waals surface area contributed by atoms with Crippen LogP contribution in [0.3, 0.4) is 0 Å². The highest BCUT2D eigenvalue weighted by Crippen LogP contribution is 2.05. The van der Waals surface area contributed by atoms with E-state index in [0.717, 1.165) is 24.1 Å². The summed E-state index contributed by atoms with van der Waals surface area (Å²) in [6.07, 6.45) is 2.82. The maximum atomic E-state index is 8.60. The number of hydrogen-bond acceptors (Lipinski definition) is 3. The number of nitrogens with two attached hydrogens (primary N) is 1. The van der Waals surface area contributed by atoms with Crippen LogP contribution < -0.4 is 11.1 Å². The Bertz CT molecular complexity index is 401. The van der Waals surface area contributed by atoms with Gasteiger partial charge in [-0.25, -0.2) is 0 Å². The van der Waals surface area contributed by atoms with Crippen molar-refractivity contribution >= 4 is 5.84 Å². The van der Waals surface area contributed by atoms with Crippen molar-refractivity contribution in [3.63, 3.8) is 0 Å². The smallest absolute Gasteiger partial charge is 0.170 e. The maximum Gasteiger partial charge on any atom is 0.170 e. The first-order valence-electron chi connectivity index (χ1n) is 5.58. The highest BCUT2D eigenvalue weighted by Gasteiger charge is 2.02. The van der Waals surface area contributed by atoms with Crippen molar-refractivity contribution < 1.29 is 5.21 Å². The Hall–Kier alpha value is -1.81. The lowest BCUT2D eigenvalue weighted by Crippen LogP contribution is -2.25. The summed E-state index contributed by atoms with van der Waals surface area (Å²) in [7, 11) is 0. The summed E-state index contributed by atoms with van der Waals surface area (Å²) >= 11 is 0. The van der Waals surface area contributed by atoms with E-state index in [9.17, 15) is 0 Å². The van der Waals surface area contributed by atoms with E-state index in [0.29, 0.717) is 6.04 Å².